The molecule has 3 rings (SSSR count). The van der Waals surface area contributed by atoms with Gasteiger partial charge in [0.15, 0.2) is 0 Å². The third-order valence-corrected chi connectivity index (χ3v) is 4.22. The zero-order valence-electron chi connectivity index (χ0n) is 11.9. The van der Waals surface area contributed by atoms with Crippen molar-refractivity contribution in [3.8, 4) is 0 Å². The zero-order valence-corrected chi connectivity index (χ0v) is 13.5. The van der Waals surface area contributed by atoms with E-state index >= 15 is 0 Å². The van der Waals surface area contributed by atoms with E-state index in [9.17, 15) is 0 Å². The van der Waals surface area contributed by atoms with Crippen molar-refractivity contribution in [3.05, 3.63) is 48.2 Å². The van der Waals surface area contributed by atoms with Gasteiger partial charge in [0, 0.05) is 41.6 Å². The topological polar surface area (TPSA) is 29.0 Å². The van der Waals surface area contributed by atoms with Crippen LogP contribution in [0.5, 0.6) is 0 Å². The van der Waals surface area contributed by atoms with E-state index in [1.807, 2.05) is 24.7 Å². The van der Waals surface area contributed by atoms with E-state index in [0.717, 1.165) is 11.4 Å². The number of hydrogen-bond donors (Lipinski definition) is 0. The molecule has 0 spiro atoms. The quantitative estimate of drug-likeness (QED) is 0.659. The molecule has 0 bridgehead atoms. The summed E-state index contributed by atoms with van der Waals surface area (Å²) in [6.45, 7) is 3.24. The van der Waals surface area contributed by atoms with Gasteiger partial charge < -0.3 is 4.90 Å². The van der Waals surface area contributed by atoms with E-state index in [-0.39, 0.29) is 12.4 Å². The molecule has 21 heavy (non-hydrogen) atoms. The number of thiophene rings is 1. The minimum absolute atomic E-state index is 0. The third-order valence-electron chi connectivity index (χ3n) is 3.33. The molecule has 0 radical (unpaired) electrons. The highest BCUT2D eigenvalue weighted by Crippen LogP contribution is 2.35. The minimum atomic E-state index is 0. The lowest BCUT2D eigenvalue weighted by atomic mass is 10.2. The molecule has 0 N–H and O–H groups in total. The molecule has 3 heterocycles. The number of unbranched alkanes of at least 4 members (excludes halogenated alkanes) is 1. The van der Waals surface area contributed by atoms with Crippen LogP contribution in [-0.4, -0.2) is 16.5 Å². The van der Waals surface area contributed by atoms with Crippen LogP contribution in [-0.2, 0) is 0 Å². The van der Waals surface area contributed by atoms with Crippen LogP contribution in [0.1, 0.15) is 19.8 Å². The lowest BCUT2D eigenvalue weighted by Gasteiger charge is -2.24. The Morgan fingerprint density at radius 1 is 1.14 bits per heavy atom. The van der Waals surface area contributed by atoms with Gasteiger partial charge in [-0.25, -0.2) is 4.98 Å². The van der Waals surface area contributed by atoms with Gasteiger partial charge in [0.1, 0.15) is 4.83 Å². The standard InChI is InChI=1S/C16H17N3S.ClH/c1-2-3-11-19(13-6-9-17-10-7-13)15-12-20-16-14(15)5-4-8-18-16;/h4-10,12H,2-3,11H2,1H3;1H. The van der Waals surface area contributed by atoms with Crippen molar-refractivity contribution < 1.29 is 0 Å². The summed E-state index contributed by atoms with van der Waals surface area (Å²) >= 11 is 1.70. The van der Waals surface area contributed by atoms with E-state index in [0.29, 0.717) is 0 Å². The fraction of sp³-hybridized carbons (Fsp3) is 0.250. The number of hydrogen-bond acceptors (Lipinski definition) is 4. The zero-order chi connectivity index (χ0) is 13.8. The number of fused-ring (bicyclic) bond motifs is 1. The highest BCUT2D eigenvalue weighted by atomic mass is 35.5. The van der Waals surface area contributed by atoms with Crippen LogP contribution in [0.3, 0.4) is 0 Å². The fourth-order valence-corrected chi connectivity index (χ4v) is 3.19. The summed E-state index contributed by atoms with van der Waals surface area (Å²) in [5.41, 5.74) is 2.44. The lowest BCUT2D eigenvalue weighted by Crippen LogP contribution is -2.17. The van der Waals surface area contributed by atoms with Crippen LogP contribution in [0.2, 0.25) is 0 Å². The fourth-order valence-electron chi connectivity index (χ4n) is 2.29. The van der Waals surface area contributed by atoms with Gasteiger partial charge >= 0.3 is 0 Å². The predicted molar refractivity (Wildman–Crippen MR) is 93.0 cm³/mol. The van der Waals surface area contributed by atoms with Crippen molar-refractivity contribution in [3.63, 3.8) is 0 Å². The van der Waals surface area contributed by atoms with Crippen molar-refractivity contribution in [1.29, 1.82) is 0 Å². The molecule has 0 amide bonds. The molecule has 0 atom stereocenters. The molecular weight excluding hydrogens is 302 g/mol. The second kappa shape index (κ2) is 7.38. The Kier molecular flexibility index (Phi) is 5.53. The van der Waals surface area contributed by atoms with E-state index in [4.69, 9.17) is 0 Å². The second-order valence-corrected chi connectivity index (χ2v) is 5.55. The summed E-state index contributed by atoms with van der Waals surface area (Å²) < 4.78 is 0. The average molecular weight is 320 g/mol. The number of halogens is 1. The highest BCUT2D eigenvalue weighted by Gasteiger charge is 2.13. The van der Waals surface area contributed by atoms with Gasteiger partial charge in [0.2, 0.25) is 0 Å². The summed E-state index contributed by atoms with van der Waals surface area (Å²) in [6, 6.07) is 8.28. The van der Waals surface area contributed by atoms with Crippen molar-refractivity contribution >= 4 is 45.3 Å². The molecule has 0 saturated heterocycles. The van der Waals surface area contributed by atoms with Gasteiger partial charge in [0.05, 0.1) is 5.69 Å². The van der Waals surface area contributed by atoms with Gasteiger partial charge in [-0.1, -0.05) is 13.3 Å². The highest BCUT2D eigenvalue weighted by molar-refractivity contribution is 7.17. The Labute approximate surface area is 135 Å². The van der Waals surface area contributed by atoms with Crippen molar-refractivity contribution in [1.82, 2.24) is 9.97 Å². The Morgan fingerprint density at radius 3 is 2.71 bits per heavy atom. The molecule has 0 aliphatic carbocycles. The lowest BCUT2D eigenvalue weighted by molar-refractivity contribution is 0.787. The Hall–Kier alpha value is -1.65. The maximum Gasteiger partial charge on any atom is 0.125 e. The molecule has 0 aliphatic heterocycles. The van der Waals surface area contributed by atoms with E-state index in [1.165, 1.54) is 29.6 Å². The molecule has 5 heteroatoms. The average Bonchev–Trinajstić information content (AvgIpc) is 2.93. The van der Waals surface area contributed by atoms with Gasteiger partial charge in [-0.15, -0.1) is 23.7 Å². The molecule has 3 aromatic rings. The van der Waals surface area contributed by atoms with Gasteiger partial charge in [-0.2, -0.15) is 0 Å². The summed E-state index contributed by atoms with van der Waals surface area (Å²) in [5.74, 6) is 0. The van der Waals surface area contributed by atoms with E-state index in [2.05, 4.69) is 45.4 Å². The van der Waals surface area contributed by atoms with E-state index < -0.39 is 0 Å². The number of anilines is 2. The Bertz CT molecular complexity index is 684. The summed E-state index contributed by atoms with van der Waals surface area (Å²) in [7, 11) is 0. The van der Waals surface area contributed by atoms with Gasteiger partial charge in [-0.05, 0) is 30.7 Å². The number of rotatable bonds is 5. The second-order valence-electron chi connectivity index (χ2n) is 4.69. The SMILES string of the molecule is CCCCN(c1ccncc1)c1csc2ncccc12.Cl. The van der Waals surface area contributed by atoms with Crippen molar-refractivity contribution in [2.24, 2.45) is 0 Å². The van der Waals surface area contributed by atoms with Crippen molar-refractivity contribution in [2.75, 3.05) is 11.4 Å². The van der Waals surface area contributed by atoms with Gasteiger partial charge in [0.25, 0.3) is 0 Å². The smallest absolute Gasteiger partial charge is 0.125 e. The number of pyridine rings is 2. The molecule has 110 valence electrons. The minimum Gasteiger partial charge on any atom is -0.340 e. The Morgan fingerprint density at radius 2 is 1.95 bits per heavy atom. The Balaban J connectivity index is 0.00000161. The third kappa shape index (κ3) is 3.34. The molecule has 3 nitrogen and oxygen atoms in total. The monoisotopic (exact) mass is 319 g/mol. The van der Waals surface area contributed by atoms with Crippen LogP contribution in [0.15, 0.2) is 48.2 Å². The first-order valence-electron chi connectivity index (χ1n) is 6.90. The maximum atomic E-state index is 4.44. The molecule has 0 unspecified atom stereocenters. The molecular formula is C16H18ClN3S. The summed E-state index contributed by atoms with van der Waals surface area (Å²) in [6.07, 6.45) is 7.90. The number of aromatic nitrogens is 2. The first kappa shape index (κ1) is 15.7. The van der Waals surface area contributed by atoms with Crippen LogP contribution < -0.4 is 4.90 Å². The normalized spacial score (nSPS) is 10.3. The summed E-state index contributed by atoms with van der Waals surface area (Å²) in [5, 5.41) is 3.43. The molecule has 0 aromatic carbocycles. The number of nitrogens with zero attached hydrogens (tertiary/aromatic N) is 3. The molecule has 0 aliphatic rings. The predicted octanol–water partition coefficient (Wildman–Crippen LogP) is 5.05. The van der Waals surface area contributed by atoms with E-state index in [1.54, 1.807) is 11.3 Å². The van der Waals surface area contributed by atoms with Crippen LogP contribution in [0.25, 0.3) is 10.2 Å². The van der Waals surface area contributed by atoms with Crippen LogP contribution in [0, 0.1) is 0 Å². The molecule has 3 aromatic heterocycles. The van der Waals surface area contributed by atoms with Crippen molar-refractivity contribution in [2.45, 2.75) is 19.8 Å². The first-order valence-corrected chi connectivity index (χ1v) is 7.78. The van der Waals surface area contributed by atoms with Crippen LogP contribution in [0.4, 0.5) is 11.4 Å². The molecule has 0 fully saturated rings. The largest absolute Gasteiger partial charge is 0.340 e. The maximum absolute atomic E-state index is 4.44. The van der Waals surface area contributed by atoms with Gasteiger partial charge in [-0.3, -0.25) is 4.98 Å². The first-order chi connectivity index (χ1) is 9.90. The summed E-state index contributed by atoms with van der Waals surface area (Å²) in [4.78, 5) is 12.0. The van der Waals surface area contributed by atoms with Crippen LogP contribution >= 0.6 is 23.7 Å². The molecule has 0 saturated carbocycles.